The first kappa shape index (κ1) is 15.2. The highest BCUT2D eigenvalue weighted by atomic mass is 16.5. The lowest BCUT2D eigenvalue weighted by Crippen LogP contribution is -2.22. The van der Waals surface area contributed by atoms with Gasteiger partial charge >= 0.3 is 0 Å². The zero-order chi connectivity index (χ0) is 14.6. The minimum absolute atomic E-state index is 0.00143. The van der Waals surface area contributed by atoms with Crippen LogP contribution in [0.4, 0.5) is 0 Å². The van der Waals surface area contributed by atoms with Crippen molar-refractivity contribution in [2.45, 2.75) is 26.7 Å². The van der Waals surface area contributed by atoms with E-state index >= 15 is 0 Å². The molecule has 0 aliphatic heterocycles. The highest BCUT2D eigenvalue weighted by Crippen LogP contribution is 2.23. The van der Waals surface area contributed by atoms with Crippen LogP contribution < -0.4 is 4.74 Å². The molecule has 0 aliphatic carbocycles. The van der Waals surface area contributed by atoms with Crippen LogP contribution in [0.15, 0.2) is 12.1 Å². The Balaban J connectivity index is 2.83. The van der Waals surface area contributed by atoms with Gasteiger partial charge in [0.05, 0.1) is 7.11 Å². The van der Waals surface area contributed by atoms with Gasteiger partial charge in [-0.3, -0.25) is 9.59 Å². The summed E-state index contributed by atoms with van der Waals surface area (Å²) in [5.74, 6) is 0.744. The van der Waals surface area contributed by atoms with Crippen molar-refractivity contribution in [3.63, 3.8) is 0 Å². The van der Waals surface area contributed by atoms with E-state index < -0.39 is 0 Å². The number of carbonyl (C=O) groups excluding carboxylic acids is 2. The van der Waals surface area contributed by atoms with E-state index in [1.165, 1.54) is 4.90 Å². The maximum Gasteiger partial charge on any atom is 0.222 e. The molecule has 0 aliphatic rings. The Labute approximate surface area is 114 Å². The maximum atomic E-state index is 12.1. The molecule has 4 nitrogen and oxygen atoms in total. The second-order valence-electron chi connectivity index (χ2n) is 4.85. The van der Waals surface area contributed by atoms with Crippen LogP contribution >= 0.6 is 0 Å². The van der Waals surface area contributed by atoms with Crippen molar-refractivity contribution < 1.29 is 14.3 Å². The quantitative estimate of drug-likeness (QED) is 0.766. The van der Waals surface area contributed by atoms with Gasteiger partial charge in [-0.2, -0.15) is 0 Å². The third kappa shape index (κ3) is 3.81. The predicted octanol–water partition coefficient (Wildman–Crippen LogP) is 2.36. The molecule has 0 saturated heterocycles. The first-order valence-corrected chi connectivity index (χ1v) is 6.25. The molecule has 0 fully saturated rings. The highest BCUT2D eigenvalue weighted by molar-refractivity contribution is 5.99. The Morgan fingerprint density at radius 3 is 2.26 bits per heavy atom. The van der Waals surface area contributed by atoms with E-state index in [1.807, 2.05) is 26.0 Å². The molecular formula is C15H21NO3. The topological polar surface area (TPSA) is 46.6 Å². The van der Waals surface area contributed by atoms with Crippen LogP contribution in [0, 0.1) is 13.8 Å². The van der Waals surface area contributed by atoms with Crippen LogP contribution in [0.2, 0.25) is 0 Å². The summed E-state index contributed by atoms with van der Waals surface area (Å²) in [6, 6.07) is 3.69. The van der Waals surface area contributed by atoms with Crippen LogP contribution in [0.3, 0.4) is 0 Å². The summed E-state index contributed by atoms with van der Waals surface area (Å²) in [5, 5.41) is 0. The maximum absolute atomic E-state index is 12.1. The summed E-state index contributed by atoms with van der Waals surface area (Å²) in [4.78, 5) is 25.1. The molecule has 0 N–H and O–H groups in total. The zero-order valence-electron chi connectivity index (χ0n) is 12.2. The third-order valence-corrected chi connectivity index (χ3v) is 3.11. The van der Waals surface area contributed by atoms with Crippen LogP contribution in [0.25, 0.3) is 0 Å². The van der Waals surface area contributed by atoms with Gasteiger partial charge in [0.15, 0.2) is 5.78 Å². The van der Waals surface area contributed by atoms with Crippen molar-refractivity contribution in [1.29, 1.82) is 0 Å². The van der Waals surface area contributed by atoms with Crippen molar-refractivity contribution in [3.8, 4) is 5.75 Å². The van der Waals surface area contributed by atoms with Gasteiger partial charge < -0.3 is 9.64 Å². The molecule has 1 aromatic rings. The number of ether oxygens (including phenoxy) is 1. The van der Waals surface area contributed by atoms with E-state index in [9.17, 15) is 9.59 Å². The summed E-state index contributed by atoms with van der Waals surface area (Å²) in [6.45, 7) is 3.78. The average molecular weight is 263 g/mol. The van der Waals surface area contributed by atoms with Crippen LogP contribution in [0.5, 0.6) is 5.75 Å². The van der Waals surface area contributed by atoms with Crippen LogP contribution in [-0.2, 0) is 4.79 Å². The predicted molar refractivity (Wildman–Crippen MR) is 74.7 cm³/mol. The van der Waals surface area contributed by atoms with E-state index in [-0.39, 0.29) is 24.5 Å². The standard InChI is InChI=1S/C15H21NO3/c1-10-9-14(19-5)11(2)8-12(10)13(17)6-7-15(18)16(3)4/h8-9H,6-7H2,1-5H3. The van der Waals surface area contributed by atoms with Gasteiger partial charge in [-0.15, -0.1) is 0 Å². The molecule has 0 heterocycles. The van der Waals surface area contributed by atoms with Crippen molar-refractivity contribution in [1.82, 2.24) is 4.90 Å². The number of amides is 1. The van der Waals surface area contributed by atoms with Gasteiger partial charge in [-0.25, -0.2) is 0 Å². The molecule has 1 rings (SSSR count). The molecular weight excluding hydrogens is 242 g/mol. The SMILES string of the molecule is COc1cc(C)c(C(=O)CCC(=O)N(C)C)cc1C. The molecule has 0 saturated carbocycles. The van der Waals surface area contributed by atoms with Gasteiger partial charge in [0.1, 0.15) is 5.75 Å². The summed E-state index contributed by atoms with van der Waals surface area (Å²) in [6.07, 6.45) is 0.486. The molecule has 19 heavy (non-hydrogen) atoms. The summed E-state index contributed by atoms with van der Waals surface area (Å²) in [5.41, 5.74) is 2.48. The van der Waals surface area contributed by atoms with Crippen molar-refractivity contribution in [2.75, 3.05) is 21.2 Å². The lowest BCUT2D eigenvalue weighted by molar-refractivity contribution is -0.128. The highest BCUT2D eigenvalue weighted by Gasteiger charge is 2.14. The fourth-order valence-corrected chi connectivity index (χ4v) is 1.89. The van der Waals surface area contributed by atoms with Gasteiger partial charge in [0, 0.05) is 32.5 Å². The minimum Gasteiger partial charge on any atom is -0.496 e. The van der Waals surface area contributed by atoms with Gasteiger partial charge in [-0.05, 0) is 37.1 Å². The number of nitrogens with zero attached hydrogens (tertiary/aromatic N) is 1. The fraction of sp³-hybridized carbons (Fsp3) is 0.467. The van der Waals surface area contributed by atoms with Gasteiger partial charge in [-0.1, -0.05) is 0 Å². The van der Waals surface area contributed by atoms with Crippen molar-refractivity contribution in [3.05, 3.63) is 28.8 Å². The molecule has 0 radical (unpaired) electrons. The number of hydrogen-bond acceptors (Lipinski definition) is 3. The van der Waals surface area contributed by atoms with E-state index in [4.69, 9.17) is 4.74 Å². The largest absolute Gasteiger partial charge is 0.496 e. The first-order chi connectivity index (χ1) is 8.86. The van der Waals surface area contributed by atoms with Gasteiger partial charge in [0.2, 0.25) is 5.91 Å². The second-order valence-corrected chi connectivity index (χ2v) is 4.85. The van der Waals surface area contributed by atoms with E-state index in [2.05, 4.69) is 0 Å². The summed E-state index contributed by atoms with van der Waals surface area (Å²) < 4.78 is 5.22. The first-order valence-electron chi connectivity index (χ1n) is 6.25. The van der Waals surface area contributed by atoms with E-state index in [0.717, 1.165) is 16.9 Å². The van der Waals surface area contributed by atoms with Gasteiger partial charge in [0.25, 0.3) is 0 Å². The smallest absolute Gasteiger partial charge is 0.222 e. The summed E-state index contributed by atoms with van der Waals surface area (Å²) >= 11 is 0. The van der Waals surface area contributed by atoms with Crippen molar-refractivity contribution in [2.24, 2.45) is 0 Å². The van der Waals surface area contributed by atoms with Crippen LogP contribution in [-0.4, -0.2) is 37.8 Å². The van der Waals surface area contributed by atoms with E-state index in [0.29, 0.717) is 5.56 Å². The number of carbonyl (C=O) groups is 2. The lowest BCUT2D eigenvalue weighted by atomic mass is 9.98. The van der Waals surface area contributed by atoms with Crippen LogP contribution in [0.1, 0.15) is 34.3 Å². The molecule has 1 amide bonds. The third-order valence-electron chi connectivity index (χ3n) is 3.11. The molecule has 104 valence electrons. The Morgan fingerprint density at radius 1 is 1.11 bits per heavy atom. The second kappa shape index (κ2) is 6.36. The number of methoxy groups -OCH3 is 1. The monoisotopic (exact) mass is 263 g/mol. The number of benzene rings is 1. The Kier molecular flexibility index (Phi) is 5.10. The number of hydrogen-bond donors (Lipinski definition) is 0. The number of ketones is 1. The zero-order valence-corrected chi connectivity index (χ0v) is 12.2. The molecule has 1 aromatic carbocycles. The molecule has 0 spiro atoms. The Morgan fingerprint density at radius 2 is 1.74 bits per heavy atom. The summed E-state index contributed by atoms with van der Waals surface area (Å²) in [7, 11) is 4.99. The lowest BCUT2D eigenvalue weighted by Gasteiger charge is -2.12. The molecule has 0 aromatic heterocycles. The average Bonchev–Trinajstić information content (AvgIpc) is 2.37. The number of Topliss-reactive ketones (excluding diaryl/α,β-unsaturated/α-hetero) is 1. The number of rotatable bonds is 5. The molecule has 4 heteroatoms. The Bertz CT molecular complexity index is 492. The normalized spacial score (nSPS) is 10.2. The van der Waals surface area contributed by atoms with Crippen molar-refractivity contribution >= 4 is 11.7 Å². The number of aryl methyl sites for hydroxylation is 2. The molecule has 0 atom stereocenters. The van der Waals surface area contributed by atoms with E-state index in [1.54, 1.807) is 21.2 Å². The Hall–Kier alpha value is -1.84. The minimum atomic E-state index is -0.0313. The fourth-order valence-electron chi connectivity index (χ4n) is 1.89. The molecule has 0 bridgehead atoms. The molecule has 0 unspecified atom stereocenters.